The second-order valence-electron chi connectivity index (χ2n) is 4.33. The lowest BCUT2D eigenvalue weighted by atomic mass is 10.3. The summed E-state index contributed by atoms with van der Waals surface area (Å²) < 4.78 is 5.32. The smallest absolute Gasteiger partial charge is 0.191 e. The van der Waals surface area contributed by atoms with E-state index < -0.39 is 0 Å². The van der Waals surface area contributed by atoms with Gasteiger partial charge in [-0.2, -0.15) is 0 Å². The number of nitrogens with one attached hydrogen (secondary N) is 2. The fourth-order valence-electron chi connectivity index (χ4n) is 1.88. The SMILES string of the molecule is C=CCNC(=NC)NCCCCN1CCOCC1. The lowest BCUT2D eigenvalue weighted by Gasteiger charge is -2.26. The third-order valence-electron chi connectivity index (χ3n) is 2.93. The molecule has 0 amide bonds. The summed E-state index contributed by atoms with van der Waals surface area (Å²) in [6, 6.07) is 0. The van der Waals surface area contributed by atoms with Crippen LogP contribution in [0.4, 0.5) is 0 Å². The molecule has 1 rings (SSSR count). The molecule has 0 aliphatic carbocycles. The first-order valence-electron chi connectivity index (χ1n) is 6.72. The molecule has 0 radical (unpaired) electrons. The average molecular weight is 254 g/mol. The van der Waals surface area contributed by atoms with E-state index in [1.165, 1.54) is 13.0 Å². The van der Waals surface area contributed by atoms with Crippen molar-refractivity contribution in [3.63, 3.8) is 0 Å². The van der Waals surface area contributed by atoms with E-state index >= 15 is 0 Å². The summed E-state index contributed by atoms with van der Waals surface area (Å²) in [7, 11) is 1.78. The largest absolute Gasteiger partial charge is 0.379 e. The first kappa shape index (κ1) is 15.0. The molecule has 5 nitrogen and oxygen atoms in total. The van der Waals surface area contributed by atoms with Crippen LogP contribution in [0, 0.1) is 0 Å². The molecule has 0 atom stereocenters. The quantitative estimate of drug-likeness (QED) is 0.300. The molecule has 1 heterocycles. The molecule has 0 bridgehead atoms. The molecule has 104 valence electrons. The average Bonchev–Trinajstić information content (AvgIpc) is 2.43. The van der Waals surface area contributed by atoms with E-state index in [1.807, 2.05) is 6.08 Å². The van der Waals surface area contributed by atoms with Crippen LogP contribution in [0.25, 0.3) is 0 Å². The highest BCUT2D eigenvalue weighted by atomic mass is 16.5. The van der Waals surface area contributed by atoms with Gasteiger partial charge in [-0.1, -0.05) is 6.08 Å². The lowest BCUT2D eigenvalue weighted by Crippen LogP contribution is -2.39. The lowest BCUT2D eigenvalue weighted by molar-refractivity contribution is 0.0372. The van der Waals surface area contributed by atoms with E-state index in [0.717, 1.165) is 51.8 Å². The van der Waals surface area contributed by atoms with Crippen LogP contribution in [0.1, 0.15) is 12.8 Å². The van der Waals surface area contributed by atoms with Crippen LogP contribution in [0.5, 0.6) is 0 Å². The van der Waals surface area contributed by atoms with Crippen molar-refractivity contribution in [2.75, 3.05) is 53.0 Å². The minimum atomic E-state index is 0.744. The maximum atomic E-state index is 5.32. The third-order valence-corrected chi connectivity index (χ3v) is 2.93. The van der Waals surface area contributed by atoms with Crippen molar-refractivity contribution in [1.29, 1.82) is 0 Å². The summed E-state index contributed by atoms with van der Waals surface area (Å²) in [6.45, 7) is 10.5. The van der Waals surface area contributed by atoms with E-state index in [9.17, 15) is 0 Å². The van der Waals surface area contributed by atoms with Crippen LogP contribution in [-0.2, 0) is 4.74 Å². The monoisotopic (exact) mass is 254 g/mol. The highest BCUT2D eigenvalue weighted by molar-refractivity contribution is 5.79. The van der Waals surface area contributed by atoms with E-state index in [2.05, 4.69) is 27.1 Å². The Morgan fingerprint density at radius 3 is 2.78 bits per heavy atom. The van der Waals surface area contributed by atoms with Crippen LogP contribution in [0.15, 0.2) is 17.6 Å². The molecule has 0 aromatic carbocycles. The zero-order chi connectivity index (χ0) is 13.1. The van der Waals surface area contributed by atoms with Gasteiger partial charge in [-0.05, 0) is 19.4 Å². The third kappa shape index (κ3) is 6.61. The van der Waals surface area contributed by atoms with Crippen molar-refractivity contribution in [2.45, 2.75) is 12.8 Å². The number of unbranched alkanes of at least 4 members (excludes halogenated alkanes) is 1. The molecule has 1 aliphatic rings. The molecule has 0 aromatic rings. The van der Waals surface area contributed by atoms with Crippen molar-refractivity contribution in [2.24, 2.45) is 4.99 Å². The van der Waals surface area contributed by atoms with Gasteiger partial charge in [0, 0.05) is 33.2 Å². The molecular weight excluding hydrogens is 228 g/mol. The fraction of sp³-hybridized carbons (Fsp3) is 0.769. The van der Waals surface area contributed by atoms with Gasteiger partial charge >= 0.3 is 0 Å². The molecule has 1 aliphatic heterocycles. The van der Waals surface area contributed by atoms with Crippen LogP contribution in [-0.4, -0.2) is 63.8 Å². The van der Waals surface area contributed by atoms with Gasteiger partial charge in [0.2, 0.25) is 0 Å². The molecule has 5 heteroatoms. The zero-order valence-corrected chi connectivity index (χ0v) is 11.5. The Kier molecular flexibility index (Phi) is 8.25. The number of ether oxygens (including phenoxy) is 1. The summed E-state index contributed by atoms with van der Waals surface area (Å²) >= 11 is 0. The van der Waals surface area contributed by atoms with Gasteiger partial charge in [0.05, 0.1) is 13.2 Å². The van der Waals surface area contributed by atoms with Gasteiger partial charge in [0.15, 0.2) is 5.96 Å². The normalized spacial score (nSPS) is 17.5. The van der Waals surface area contributed by atoms with E-state index in [1.54, 1.807) is 7.05 Å². The van der Waals surface area contributed by atoms with Gasteiger partial charge < -0.3 is 15.4 Å². The summed E-state index contributed by atoms with van der Waals surface area (Å²) in [4.78, 5) is 6.60. The van der Waals surface area contributed by atoms with E-state index in [0.29, 0.717) is 0 Å². The van der Waals surface area contributed by atoms with Crippen LogP contribution < -0.4 is 10.6 Å². The summed E-state index contributed by atoms with van der Waals surface area (Å²) in [5, 5.41) is 6.44. The maximum absolute atomic E-state index is 5.32. The summed E-state index contributed by atoms with van der Waals surface area (Å²) in [5.74, 6) is 0.848. The Hall–Kier alpha value is -1.07. The second kappa shape index (κ2) is 9.91. The van der Waals surface area contributed by atoms with Gasteiger partial charge in [0.25, 0.3) is 0 Å². The minimum Gasteiger partial charge on any atom is -0.379 e. The number of aliphatic imine (C=N–C) groups is 1. The molecule has 1 saturated heterocycles. The Morgan fingerprint density at radius 2 is 2.11 bits per heavy atom. The molecule has 0 aromatic heterocycles. The second-order valence-corrected chi connectivity index (χ2v) is 4.33. The highest BCUT2D eigenvalue weighted by Gasteiger charge is 2.08. The first-order chi connectivity index (χ1) is 8.86. The number of guanidine groups is 1. The predicted octanol–water partition coefficient (Wildman–Crippen LogP) is 0.450. The Balaban J connectivity index is 1.98. The van der Waals surface area contributed by atoms with Crippen molar-refractivity contribution >= 4 is 5.96 Å². The Labute approximate surface area is 110 Å². The van der Waals surface area contributed by atoms with Crippen LogP contribution >= 0.6 is 0 Å². The summed E-state index contributed by atoms with van der Waals surface area (Å²) in [6.07, 6.45) is 4.20. The van der Waals surface area contributed by atoms with E-state index in [-0.39, 0.29) is 0 Å². The maximum Gasteiger partial charge on any atom is 0.191 e. The first-order valence-corrected chi connectivity index (χ1v) is 6.72. The Bertz CT molecular complexity index is 249. The predicted molar refractivity (Wildman–Crippen MR) is 76.1 cm³/mol. The molecule has 0 unspecified atom stereocenters. The zero-order valence-electron chi connectivity index (χ0n) is 11.5. The molecule has 0 saturated carbocycles. The number of nitrogens with zero attached hydrogens (tertiary/aromatic N) is 2. The van der Waals surface area contributed by atoms with Gasteiger partial charge in [-0.15, -0.1) is 6.58 Å². The van der Waals surface area contributed by atoms with Crippen LogP contribution in [0.2, 0.25) is 0 Å². The van der Waals surface area contributed by atoms with Crippen molar-refractivity contribution in [3.8, 4) is 0 Å². The number of hydrogen-bond donors (Lipinski definition) is 2. The Morgan fingerprint density at radius 1 is 1.33 bits per heavy atom. The van der Waals surface area contributed by atoms with E-state index in [4.69, 9.17) is 4.74 Å². The van der Waals surface area contributed by atoms with Gasteiger partial charge in [0.1, 0.15) is 0 Å². The molecular formula is C13H26N4O. The molecule has 0 spiro atoms. The number of hydrogen-bond acceptors (Lipinski definition) is 3. The molecule has 2 N–H and O–H groups in total. The highest BCUT2D eigenvalue weighted by Crippen LogP contribution is 1.99. The topological polar surface area (TPSA) is 48.9 Å². The van der Waals surface area contributed by atoms with Gasteiger partial charge in [-0.25, -0.2) is 0 Å². The van der Waals surface area contributed by atoms with Crippen LogP contribution in [0.3, 0.4) is 0 Å². The molecule has 1 fully saturated rings. The standard InChI is InChI=1S/C13H26N4O/c1-3-6-15-13(14-2)16-7-4-5-8-17-9-11-18-12-10-17/h3H,1,4-12H2,2H3,(H2,14,15,16). The van der Waals surface area contributed by atoms with Crippen molar-refractivity contribution < 1.29 is 4.74 Å². The minimum absolute atomic E-state index is 0.744. The van der Waals surface area contributed by atoms with Crippen molar-refractivity contribution in [3.05, 3.63) is 12.7 Å². The summed E-state index contributed by atoms with van der Waals surface area (Å²) in [5.41, 5.74) is 0. The number of morpholine rings is 1. The fourth-order valence-corrected chi connectivity index (χ4v) is 1.88. The molecule has 18 heavy (non-hydrogen) atoms. The van der Waals surface area contributed by atoms with Crippen molar-refractivity contribution in [1.82, 2.24) is 15.5 Å². The number of rotatable bonds is 7. The van der Waals surface area contributed by atoms with Gasteiger partial charge in [-0.3, -0.25) is 9.89 Å².